The Morgan fingerprint density at radius 2 is 1.89 bits per heavy atom. The van der Waals surface area contributed by atoms with Gasteiger partial charge >= 0.3 is 6.03 Å². The fourth-order valence-electron chi connectivity index (χ4n) is 6.32. The quantitative estimate of drug-likeness (QED) is 0.574. The van der Waals surface area contributed by atoms with Gasteiger partial charge in [0.25, 0.3) is 5.91 Å². The van der Waals surface area contributed by atoms with E-state index in [1.807, 2.05) is 4.90 Å². The molecule has 4 saturated heterocycles. The van der Waals surface area contributed by atoms with Crippen molar-refractivity contribution in [3.63, 3.8) is 0 Å². The van der Waals surface area contributed by atoms with Crippen molar-refractivity contribution in [3.05, 3.63) is 23.8 Å². The summed E-state index contributed by atoms with van der Waals surface area (Å²) in [6.45, 7) is 2.18. The summed E-state index contributed by atoms with van der Waals surface area (Å²) in [4.78, 5) is 56.1. The van der Waals surface area contributed by atoms with E-state index in [2.05, 4.69) is 10.2 Å². The number of hydrogen-bond donors (Lipinski definition) is 1. The number of nitrogens with one attached hydrogen (secondary N) is 1. The number of carbonyl (C=O) groups is 4. The van der Waals surface area contributed by atoms with Crippen LogP contribution in [0, 0.1) is 11.8 Å². The zero-order valence-electron chi connectivity index (χ0n) is 20.9. The smallest absolute Gasteiger partial charge is 0.325 e. The van der Waals surface area contributed by atoms with Crippen LogP contribution in [0.5, 0.6) is 11.5 Å². The average molecular weight is 499 g/mol. The third-order valence-electron chi connectivity index (χ3n) is 8.08. The highest BCUT2D eigenvalue weighted by molar-refractivity contribution is 6.04. The van der Waals surface area contributed by atoms with Gasteiger partial charge in [-0.25, -0.2) is 4.79 Å². The number of likely N-dealkylation sites (tertiary alicyclic amines) is 1. The van der Waals surface area contributed by atoms with Crippen molar-refractivity contribution in [2.24, 2.45) is 11.8 Å². The highest BCUT2D eigenvalue weighted by Crippen LogP contribution is 2.38. The van der Waals surface area contributed by atoms with Gasteiger partial charge in [-0.1, -0.05) is 6.07 Å². The molecule has 0 radical (unpaired) electrons. The molecule has 1 aromatic rings. The van der Waals surface area contributed by atoms with Gasteiger partial charge in [-0.15, -0.1) is 0 Å². The number of rotatable bonds is 7. The Kier molecular flexibility index (Phi) is 6.77. The molecule has 0 aromatic heterocycles. The van der Waals surface area contributed by atoms with Gasteiger partial charge in [0, 0.05) is 38.5 Å². The normalized spacial score (nSPS) is 27.6. The minimum Gasteiger partial charge on any atom is -0.493 e. The van der Waals surface area contributed by atoms with Gasteiger partial charge in [0.1, 0.15) is 6.04 Å². The molecule has 5 amide bonds. The molecule has 194 valence electrons. The first-order valence-corrected chi connectivity index (χ1v) is 12.8. The number of urea groups is 1. The number of imide groups is 1. The summed E-state index contributed by atoms with van der Waals surface area (Å²) in [6, 6.07) is 4.34. The fourth-order valence-corrected chi connectivity index (χ4v) is 6.32. The van der Waals surface area contributed by atoms with Crippen LogP contribution in [0.1, 0.15) is 44.1 Å². The van der Waals surface area contributed by atoms with Gasteiger partial charge in [-0.05, 0) is 55.2 Å². The molecule has 1 N–H and O–H groups in total. The Morgan fingerprint density at radius 3 is 2.67 bits per heavy atom. The van der Waals surface area contributed by atoms with Gasteiger partial charge in [0.05, 0.1) is 20.8 Å². The van der Waals surface area contributed by atoms with E-state index in [9.17, 15) is 19.2 Å². The van der Waals surface area contributed by atoms with Crippen LogP contribution in [0.25, 0.3) is 0 Å². The lowest BCUT2D eigenvalue weighted by atomic mass is 9.76. The summed E-state index contributed by atoms with van der Waals surface area (Å²) in [6.07, 6.45) is 4.13. The van der Waals surface area contributed by atoms with Crippen LogP contribution >= 0.6 is 0 Å². The topological polar surface area (TPSA) is 108 Å². The van der Waals surface area contributed by atoms with Gasteiger partial charge in [0.15, 0.2) is 11.5 Å². The molecule has 4 aliphatic rings. The van der Waals surface area contributed by atoms with Gasteiger partial charge in [-0.2, -0.15) is 0 Å². The molecular weight excluding hydrogens is 464 g/mol. The second kappa shape index (κ2) is 9.99. The lowest BCUT2D eigenvalue weighted by molar-refractivity contribution is -0.148. The molecule has 4 aliphatic heterocycles. The van der Waals surface area contributed by atoms with E-state index in [0.29, 0.717) is 42.8 Å². The van der Waals surface area contributed by atoms with E-state index < -0.39 is 12.1 Å². The summed E-state index contributed by atoms with van der Waals surface area (Å²) >= 11 is 0. The van der Waals surface area contributed by atoms with Crippen molar-refractivity contribution >= 4 is 23.8 Å². The van der Waals surface area contributed by atoms with E-state index >= 15 is 0 Å². The minimum atomic E-state index is -0.711. The van der Waals surface area contributed by atoms with E-state index in [4.69, 9.17) is 9.47 Å². The second-order valence-corrected chi connectivity index (χ2v) is 10.3. The van der Waals surface area contributed by atoms with E-state index in [1.54, 1.807) is 25.3 Å². The third-order valence-corrected chi connectivity index (χ3v) is 8.08. The zero-order chi connectivity index (χ0) is 25.4. The summed E-state index contributed by atoms with van der Waals surface area (Å²) in [5.74, 6) is 1.69. The van der Waals surface area contributed by atoms with Gasteiger partial charge in [0.2, 0.25) is 11.8 Å². The Bertz CT molecular complexity index is 1060. The average Bonchev–Trinajstić information content (AvgIpc) is 3.15. The standard InChI is InChI=1S/C26H34N4O6/c1-35-21-8-6-16(11-22(21)36-2)13-30-25(33)19(27-26(30)34)7-9-23(31)28-12-17-10-18(15-28)20-4-3-5-24(32)29(20)14-17/h6,8,11,17-20H,3-5,7,9-10,12-15H2,1-2H3,(H,27,34). The summed E-state index contributed by atoms with van der Waals surface area (Å²) in [7, 11) is 3.07. The highest BCUT2D eigenvalue weighted by atomic mass is 16.5. The summed E-state index contributed by atoms with van der Waals surface area (Å²) in [5.41, 5.74) is 0.739. The number of benzene rings is 1. The van der Waals surface area contributed by atoms with Crippen LogP contribution < -0.4 is 14.8 Å². The fraction of sp³-hybridized carbons (Fsp3) is 0.615. The molecule has 10 nitrogen and oxygen atoms in total. The molecule has 4 fully saturated rings. The van der Waals surface area contributed by atoms with Crippen LogP contribution in [-0.2, 0) is 20.9 Å². The molecule has 4 heterocycles. The van der Waals surface area contributed by atoms with Crippen LogP contribution in [0.3, 0.4) is 0 Å². The lowest BCUT2D eigenvalue weighted by Crippen LogP contribution is -2.61. The third kappa shape index (κ3) is 4.60. The van der Waals surface area contributed by atoms with E-state index in [-0.39, 0.29) is 43.1 Å². The molecule has 2 bridgehead atoms. The molecule has 0 saturated carbocycles. The molecule has 10 heteroatoms. The number of methoxy groups -OCH3 is 2. The first kappa shape index (κ1) is 24.4. The van der Waals surface area contributed by atoms with Crippen LogP contribution in [0.2, 0.25) is 0 Å². The van der Waals surface area contributed by atoms with Crippen LogP contribution in [-0.4, -0.2) is 84.4 Å². The Morgan fingerprint density at radius 1 is 1.08 bits per heavy atom. The number of hydrogen-bond acceptors (Lipinski definition) is 6. The maximum Gasteiger partial charge on any atom is 0.325 e. The number of carbonyl (C=O) groups excluding carboxylic acids is 4. The molecule has 4 atom stereocenters. The van der Waals surface area contributed by atoms with Crippen molar-refractivity contribution in [3.8, 4) is 11.5 Å². The molecule has 4 unspecified atom stereocenters. The maximum absolute atomic E-state index is 13.1. The summed E-state index contributed by atoms with van der Waals surface area (Å²) < 4.78 is 10.6. The van der Waals surface area contributed by atoms with E-state index in [0.717, 1.165) is 31.4 Å². The van der Waals surface area contributed by atoms with Crippen LogP contribution in [0.15, 0.2) is 18.2 Å². The molecule has 36 heavy (non-hydrogen) atoms. The number of fused-ring (bicyclic) bond motifs is 4. The van der Waals surface area contributed by atoms with Crippen molar-refractivity contribution < 1.29 is 28.7 Å². The number of amides is 5. The molecule has 1 aromatic carbocycles. The minimum absolute atomic E-state index is 0.0145. The summed E-state index contributed by atoms with van der Waals surface area (Å²) in [5, 5.41) is 2.73. The monoisotopic (exact) mass is 498 g/mol. The lowest BCUT2D eigenvalue weighted by Gasteiger charge is -2.52. The van der Waals surface area contributed by atoms with Gasteiger partial charge in [-0.3, -0.25) is 19.3 Å². The SMILES string of the molecule is COc1ccc(CN2C(=O)NC(CCC(=O)N3CC4CC(C3)C3CCCC(=O)N3C4)C2=O)cc1OC. The zero-order valence-corrected chi connectivity index (χ0v) is 20.9. The highest BCUT2D eigenvalue weighted by Gasteiger charge is 2.45. The van der Waals surface area contributed by atoms with Crippen molar-refractivity contribution in [2.75, 3.05) is 33.9 Å². The van der Waals surface area contributed by atoms with E-state index in [1.165, 1.54) is 12.0 Å². The van der Waals surface area contributed by atoms with Crippen molar-refractivity contribution in [1.29, 1.82) is 0 Å². The number of piperidine rings is 3. The molecular formula is C26H34N4O6. The largest absolute Gasteiger partial charge is 0.493 e. The number of nitrogens with zero attached hydrogens (tertiary/aromatic N) is 3. The van der Waals surface area contributed by atoms with Crippen LogP contribution in [0.4, 0.5) is 4.79 Å². The first-order valence-electron chi connectivity index (χ1n) is 12.8. The number of ether oxygens (including phenoxy) is 2. The van der Waals surface area contributed by atoms with Crippen molar-refractivity contribution in [1.82, 2.24) is 20.0 Å². The predicted octanol–water partition coefficient (Wildman–Crippen LogP) is 1.76. The molecule has 0 aliphatic carbocycles. The Hall–Kier alpha value is -3.30. The maximum atomic E-state index is 13.1. The molecule has 5 rings (SSSR count). The predicted molar refractivity (Wildman–Crippen MR) is 129 cm³/mol. The second-order valence-electron chi connectivity index (χ2n) is 10.3. The molecule has 0 spiro atoms. The van der Waals surface area contributed by atoms with Gasteiger partial charge < -0.3 is 24.6 Å². The van der Waals surface area contributed by atoms with Crippen molar-refractivity contribution in [2.45, 2.75) is 57.2 Å². The Labute approximate surface area is 210 Å². The first-order chi connectivity index (χ1) is 17.4. The Balaban J connectivity index is 1.16.